The molecule has 0 aliphatic rings. The monoisotopic (exact) mass is 1040 g/mol. The van der Waals surface area contributed by atoms with Crippen LogP contribution in [0.5, 0.6) is 0 Å². The number of hydrogen-bond acceptors (Lipinski definition) is 5. The van der Waals surface area contributed by atoms with Gasteiger partial charge in [-0.05, 0) is 171 Å². The van der Waals surface area contributed by atoms with Crippen LogP contribution in [0.15, 0.2) is 171 Å². The maximum Gasteiger partial charge on any atom is 0.214 e. The molecule has 0 bridgehead atoms. The van der Waals surface area contributed by atoms with Gasteiger partial charge in [-0.2, -0.15) is 0 Å². The molecule has 0 amide bonds. The van der Waals surface area contributed by atoms with Crippen molar-refractivity contribution in [3.63, 3.8) is 0 Å². The molecule has 0 saturated carbocycles. The summed E-state index contributed by atoms with van der Waals surface area (Å²) >= 11 is 0. The van der Waals surface area contributed by atoms with Crippen molar-refractivity contribution in [1.82, 2.24) is 24.9 Å². The lowest BCUT2D eigenvalue weighted by Gasteiger charge is -2.08. The van der Waals surface area contributed by atoms with Crippen LogP contribution >= 0.6 is 0 Å². The van der Waals surface area contributed by atoms with Crippen molar-refractivity contribution >= 4 is 0 Å². The normalized spacial score (nSPS) is 13.4. The Morgan fingerprint density at radius 3 is 1.25 bits per heavy atom. The molecule has 0 aliphatic carbocycles. The molecule has 0 aromatic carbocycles. The van der Waals surface area contributed by atoms with Gasteiger partial charge in [0.15, 0.2) is 31.0 Å². The fourth-order valence-corrected chi connectivity index (χ4v) is 9.06. The van der Waals surface area contributed by atoms with Crippen LogP contribution in [-0.4, -0.2) is 24.9 Å². The Balaban J connectivity index is 0.000000178. The first kappa shape index (κ1) is 42.7. The molecule has 0 aliphatic heterocycles. The standard InChI is InChI=1S/2C14H17N2.3C13H15N2/c1-10-5-6-13(16(4)9-10)14-11(2)7-8-15-12(14)3;1-10-9-11(2)15-12(3)14(10)13-7-5-6-8-16(13)4;1-10-4-5-13(15(3)9-10)12-8-14-7-6-11(12)2;1-10-7-8-14-11(2)13(10)12-6-4-5-9-15(12)3;1-10-8-11(2)14-9-12(10)13-6-4-5-7-15(13)3/h2*5-9H,1-4H3;3*4-9H,1-3H3/q5*+1/i1D3;2D3;1D3;;2D3. The van der Waals surface area contributed by atoms with Gasteiger partial charge in [0.2, 0.25) is 28.5 Å². The lowest BCUT2D eigenvalue weighted by Crippen LogP contribution is -2.31. The zero-order chi connectivity index (χ0) is 65.9. The Kier molecular flexibility index (Phi) is 14.9. The number of nitrogens with zero attached hydrogens (tertiary/aromatic N) is 10. The van der Waals surface area contributed by atoms with E-state index < -0.39 is 27.4 Å². The van der Waals surface area contributed by atoms with E-state index in [0.717, 1.165) is 84.4 Å². The number of pyridine rings is 10. The molecule has 10 nitrogen and oxygen atoms in total. The van der Waals surface area contributed by atoms with Crippen molar-refractivity contribution in [2.24, 2.45) is 35.2 Å². The van der Waals surface area contributed by atoms with Crippen LogP contribution in [0.1, 0.15) is 83.9 Å². The summed E-state index contributed by atoms with van der Waals surface area (Å²) in [6.07, 6.45) is 18.1. The maximum absolute atomic E-state index is 7.45. The molecule has 0 spiro atoms. The predicted molar refractivity (Wildman–Crippen MR) is 311 cm³/mol. The van der Waals surface area contributed by atoms with Gasteiger partial charge in [0.05, 0.1) is 44.9 Å². The summed E-state index contributed by atoms with van der Waals surface area (Å²) in [4.78, 5) is 21.1. The molecular formula is C67H79N10+5. The Bertz CT molecular complexity index is 3930. The molecule has 392 valence electrons. The van der Waals surface area contributed by atoms with Gasteiger partial charge in [-0.1, -0.05) is 0 Å². The van der Waals surface area contributed by atoms with E-state index in [4.69, 9.17) is 16.4 Å². The Morgan fingerprint density at radius 1 is 0.364 bits per heavy atom. The molecule has 0 unspecified atom stereocenters. The second-order valence-electron chi connectivity index (χ2n) is 19.0. The van der Waals surface area contributed by atoms with Gasteiger partial charge in [0.1, 0.15) is 35.2 Å². The lowest BCUT2D eigenvalue weighted by atomic mass is 10.0. The van der Waals surface area contributed by atoms with Crippen molar-refractivity contribution in [3.05, 3.63) is 239 Å². The van der Waals surface area contributed by atoms with Crippen molar-refractivity contribution in [3.8, 4) is 56.3 Å². The van der Waals surface area contributed by atoms with Crippen LogP contribution in [0.25, 0.3) is 56.3 Å². The summed E-state index contributed by atoms with van der Waals surface area (Å²) < 4.78 is 98.7. The van der Waals surface area contributed by atoms with E-state index in [0.29, 0.717) is 11.1 Å². The van der Waals surface area contributed by atoms with Crippen molar-refractivity contribution in [1.29, 1.82) is 0 Å². The number of rotatable bonds is 5. The third-order valence-electron chi connectivity index (χ3n) is 13.0. The molecule has 0 atom stereocenters. The van der Waals surface area contributed by atoms with E-state index in [9.17, 15) is 0 Å². The zero-order valence-corrected chi connectivity index (χ0v) is 46.6. The number of aryl methyl sites for hydroxylation is 17. The van der Waals surface area contributed by atoms with Crippen LogP contribution in [0.4, 0.5) is 0 Å². The van der Waals surface area contributed by atoms with E-state index in [1.165, 1.54) is 16.8 Å². The van der Waals surface area contributed by atoms with Gasteiger partial charge in [-0.3, -0.25) is 24.9 Å². The van der Waals surface area contributed by atoms with Crippen LogP contribution < -0.4 is 22.8 Å². The van der Waals surface area contributed by atoms with E-state index in [1.807, 2.05) is 173 Å². The maximum atomic E-state index is 7.45. The Labute approximate surface area is 475 Å². The Hall–Kier alpha value is -8.50. The zero-order valence-electron chi connectivity index (χ0n) is 58.6. The molecule has 10 aromatic rings. The average Bonchev–Trinajstić information content (AvgIpc) is 1.41. The van der Waals surface area contributed by atoms with E-state index >= 15 is 0 Å². The summed E-state index contributed by atoms with van der Waals surface area (Å²) in [7, 11) is 9.67. The molecule has 10 heterocycles. The minimum Gasteiger partial charge on any atom is -0.264 e. The summed E-state index contributed by atoms with van der Waals surface area (Å²) in [5.74, 6) is 0. The quantitative estimate of drug-likeness (QED) is 0.160. The second kappa shape index (κ2) is 26.8. The van der Waals surface area contributed by atoms with Crippen LogP contribution in [-0.2, 0) is 35.2 Å². The minimum atomic E-state index is -2.16. The van der Waals surface area contributed by atoms with E-state index in [-0.39, 0.29) is 11.4 Å². The molecular weight excluding hydrogens is 945 g/mol. The van der Waals surface area contributed by atoms with Gasteiger partial charge < -0.3 is 0 Å². The molecule has 10 aromatic heterocycles. The van der Waals surface area contributed by atoms with Crippen LogP contribution in [0.2, 0.25) is 0 Å². The van der Waals surface area contributed by atoms with Gasteiger partial charge >= 0.3 is 0 Å². The first-order valence-corrected chi connectivity index (χ1v) is 25.2. The highest BCUT2D eigenvalue weighted by Crippen LogP contribution is 2.26. The topological polar surface area (TPSA) is 83.8 Å². The molecule has 10 heteroatoms. The summed E-state index contributed by atoms with van der Waals surface area (Å²) in [6, 6.07) is 34.2. The molecule has 10 rings (SSSR count). The highest BCUT2D eigenvalue weighted by atomic mass is 14.9. The highest BCUT2D eigenvalue weighted by molar-refractivity contribution is 5.65. The van der Waals surface area contributed by atoms with Crippen molar-refractivity contribution < 1.29 is 39.3 Å². The molecule has 0 radical (unpaired) electrons. The summed E-state index contributed by atoms with van der Waals surface area (Å²) in [5.41, 5.74) is 19.5. The van der Waals surface area contributed by atoms with E-state index in [2.05, 4.69) is 74.8 Å². The highest BCUT2D eigenvalue weighted by Gasteiger charge is 2.18. The molecule has 0 N–H and O–H groups in total. The second-order valence-corrected chi connectivity index (χ2v) is 19.0. The van der Waals surface area contributed by atoms with Crippen LogP contribution in [0, 0.1) is 82.8 Å². The number of aromatic nitrogens is 10. The summed E-state index contributed by atoms with van der Waals surface area (Å²) in [6.45, 7) is 7.39. The predicted octanol–water partition coefficient (Wildman–Crippen LogP) is 11.6. The van der Waals surface area contributed by atoms with Gasteiger partial charge in [-0.15, -0.1) is 0 Å². The largest absolute Gasteiger partial charge is 0.264 e. The van der Waals surface area contributed by atoms with Gasteiger partial charge in [-0.25, -0.2) is 22.8 Å². The SMILES string of the molecule is Cc1ccnc(C)c1-c1cccc[n+]1C.[2H]C([2H])([2H])c1cc(C)c(-c2cccc[n+]2C)c(C)n1.[2H]C([2H])([2H])c1cc(C)c(-c2cccc[n+]2C)cn1.[2H]C([2H])([2H])c1ccc(-c2c(C)ccnc2C)[n+](C)c1.[2H]C([2H])([2H])c1ccc(-c2cnccc2C)[n+](C)c1. The number of hydrogen-bond donors (Lipinski definition) is 0. The van der Waals surface area contributed by atoms with Crippen LogP contribution in [0.3, 0.4) is 0 Å². The van der Waals surface area contributed by atoms with Crippen molar-refractivity contribution in [2.45, 2.75) is 82.8 Å². The van der Waals surface area contributed by atoms with Gasteiger partial charge in [0, 0.05) is 118 Å². The Morgan fingerprint density at radius 2 is 0.805 bits per heavy atom. The average molecular weight is 1040 g/mol. The van der Waals surface area contributed by atoms with Crippen molar-refractivity contribution in [2.75, 3.05) is 0 Å². The van der Waals surface area contributed by atoms with E-state index in [1.54, 1.807) is 61.4 Å². The third kappa shape index (κ3) is 15.1. The smallest absolute Gasteiger partial charge is 0.214 e. The van der Waals surface area contributed by atoms with Gasteiger partial charge in [0.25, 0.3) is 0 Å². The fourth-order valence-electron chi connectivity index (χ4n) is 9.06. The fraction of sp³-hybridized carbons (Fsp3) is 0.254. The first-order chi connectivity index (χ1) is 41.6. The first-order valence-electron chi connectivity index (χ1n) is 31.2. The molecule has 0 fully saturated rings. The third-order valence-corrected chi connectivity index (χ3v) is 13.0. The minimum absolute atomic E-state index is 0.141. The summed E-state index contributed by atoms with van der Waals surface area (Å²) in [5, 5.41) is 0. The molecule has 77 heavy (non-hydrogen) atoms. The lowest BCUT2D eigenvalue weighted by molar-refractivity contribution is -0.660. The molecule has 0 saturated heterocycles.